The molecule has 0 bridgehead atoms. The van der Waals surface area contributed by atoms with Crippen LogP contribution in [-0.4, -0.2) is 11.1 Å². The standard InChI is InChI=1S/C17H16O2/c1-3-13-11-15(9-10-16(13)17(18)19)12(2)14-7-5-4-6-8-14/h4-11H,2-3H2,1H3,(H,18,19). The van der Waals surface area contributed by atoms with Gasteiger partial charge in [0.25, 0.3) is 0 Å². The molecule has 0 unspecified atom stereocenters. The zero-order valence-electron chi connectivity index (χ0n) is 10.9. The highest BCUT2D eigenvalue weighted by molar-refractivity contribution is 5.90. The molecule has 0 aliphatic carbocycles. The summed E-state index contributed by atoms with van der Waals surface area (Å²) in [7, 11) is 0. The van der Waals surface area contributed by atoms with E-state index in [2.05, 4.69) is 6.58 Å². The highest BCUT2D eigenvalue weighted by atomic mass is 16.4. The van der Waals surface area contributed by atoms with Gasteiger partial charge in [-0.3, -0.25) is 0 Å². The molecule has 19 heavy (non-hydrogen) atoms. The maximum atomic E-state index is 11.1. The summed E-state index contributed by atoms with van der Waals surface area (Å²) < 4.78 is 0. The topological polar surface area (TPSA) is 37.3 Å². The third-order valence-electron chi connectivity index (χ3n) is 3.19. The van der Waals surface area contributed by atoms with Gasteiger partial charge in [0.05, 0.1) is 5.56 Å². The molecule has 0 aromatic heterocycles. The summed E-state index contributed by atoms with van der Waals surface area (Å²) in [6, 6.07) is 15.3. The summed E-state index contributed by atoms with van der Waals surface area (Å²) in [5, 5.41) is 9.12. The summed E-state index contributed by atoms with van der Waals surface area (Å²) in [6.07, 6.45) is 0.692. The van der Waals surface area contributed by atoms with E-state index in [9.17, 15) is 4.79 Å². The molecule has 0 saturated heterocycles. The summed E-state index contributed by atoms with van der Waals surface area (Å²) >= 11 is 0. The first-order valence-electron chi connectivity index (χ1n) is 6.24. The highest BCUT2D eigenvalue weighted by Gasteiger charge is 2.10. The lowest BCUT2D eigenvalue weighted by molar-refractivity contribution is 0.0695. The summed E-state index contributed by atoms with van der Waals surface area (Å²) in [5.74, 6) is -0.881. The average Bonchev–Trinajstić information content (AvgIpc) is 2.46. The zero-order valence-corrected chi connectivity index (χ0v) is 10.9. The van der Waals surface area contributed by atoms with Crippen LogP contribution in [0, 0.1) is 0 Å². The fraction of sp³-hybridized carbons (Fsp3) is 0.118. The van der Waals surface area contributed by atoms with Crippen LogP contribution in [0.2, 0.25) is 0 Å². The molecule has 0 amide bonds. The molecule has 1 N–H and O–H groups in total. The molecule has 2 heteroatoms. The molecule has 0 fully saturated rings. The van der Waals surface area contributed by atoms with Crippen LogP contribution in [0.4, 0.5) is 0 Å². The number of aryl methyl sites for hydroxylation is 1. The van der Waals surface area contributed by atoms with Gasteiger partial charge < -0.3 is 5.11 Å². The molecule has 0 spiro atoms. The van der Waals surface area contributed by atoms with Crippen LogP contribution < -0.4 is 0 Å². The number of hydrogen-bond donors (Lipinski definition) is 1. The minimum Gasteiger partial charge on any atom is -0.478 e. The Morgan fingerprint density at radius 1 is 1.11 bits per heavy atom. The predicted molar refractivity (Wildman–Crippen MR) is 77.4 cm³/mol. The Kier molecular flexibility index (Phi) is 3.81. The predicted octanol–water partition coefficient (Wildman–Crippen LogP) is 4.01. The second-order valence-electron chi connectivity index (χ2n) is 4.38. The van der Waals surface area contributed by atoms with E-state index >= 15 is 0 Å². The van der Waals surface area contributed by atoms with E-state index in [1.54, 1.807) is 6.07 Å². The number of carbonyl (C=O) groups is 1. The molecule has 0 radical (unpaired) electrons. The zero-order chi connectivity index (χ0) is 13.8. The molecule has 96 valence electrons. The molecule has 2 rings (SSSR count). The highest BCUT2D eigenvalue weighted by Crippen LogP contribution is 2.24. The third kappa shape index (κ3) is 2.74. The normalized spacial score (nSPS) is 10.2. The first kappa shape index (κ1) is 13.1. The van der Waals surface area contributed by atoms with Gasteiger partial charge in [-0.2, -0.15) is 0 Å². The quantitative estimate of drug-likeness (QED) is 0.892. The van der Waals surface area contributed by atoms with Crippen LogP contribution in [-0.2, 0) is 6.42 Å². The van der Waals surface area contributed by atoms with E-state index < -0.39 is 5.97 Å². The Morgan fingerprint density at radius 3 is 2.37 bits per heavy atom. The van der Waals surface area contributed by atoms with Crippen molar-refractivity contribution in [1.82, 2.24) is 0 Å². The fourth-order valence-electron chi connectivity index (χ4n) is 2.09. The number of benzene rings is 2. The van der Waals surface area contributed by atoms with Crippen LogP contribution in [0.5, 0.6) is 0 Å². The second-order valence-corrected chi connectivity index (χ2v) is 4.38. The maximum Gasteiger partial charge on any atom is 0.335 e. The van der Waals surface area contributed by atoms with Gasteiger partial charge in [-0.1, -0.05) is 56.0 Å². The van der Waals surface area contributed by atoms with Crippen LogP contribution in [0.3, 0.4) is 0 Å². The molecule has 2 aromatic carbocycles. The number of aromatic carboxylic acids is 1. The second kappa shape index (κ2) is 5.53. The van der Waals surface area contributed by atoms with Crippen molar-refractivity contribution in [2.45, 2.75) is 13.3 Å². The number of carboxylic acid groups (broad SMARTS) is 1. The minimum absolute atomic E-state index is 0.368. The van der Waals surface area contributed by atoms with Gasteiger partial charge >= 0.3 is 5.97 Å². The summed E-state index contributed by atoms with van der Waals surface area (Å²) in [6.45, 7) is 6.05. The van der Waals surface area contributed by atoms with E-state index in [1.807, 2.05) is 49.4 Å². The SMILES string of the molecule is C=C(c1ccccc1)c1ccc(C(=O)O)c(CC)c1. The molecular formula is C17H16O2. The molecule has 0 atom stereocenters. The van der Waals surface area contributed by atoms with E-state index in [0.717, 1.165) is 22.3 Å². The molecule has 0 aliphatic heterocycles. The Bertz CT molecular complexity index is 612. The minimum atomic E-state index is -0.881. The van der Waals surface area contributed by atoms with Gasteiger partial charge in [0.15, 0.2) is 0 Å². The van der Waals surface area contributed by atoms with Crippen LogP contribution in [0.25, 0.3) is 5.57 Å². The lowest BCUT2D eigenvalue weighted by atomic mass is 9.95. The monoisotopic (exact) mass is 252 g/mol. The summed E-state index contributed by atoms with van der Waals surface area (Å²) in [4.78, 5) is 11.1. The average molecular weight is 252 g/mol. The van der Waals surface area contributed by atoms with E-state index in [4.69, 9.17) is 5.11 Å². The van der Waals surface area contributed by atoms with Gasteiger partial charge in [-0.05, 0) is 34.8 Å². The largest absolute Gasteiger partial charge is 0.478 e. The van der Waals surface area contributed by atoms with Gasteiger partial charge in [0.1, 0.15) is 0 Å². The first-order valence-corrected chi connectivity index (χ1v) is 6.24. The molecule has 0 saturated carbocycles. The molecule has 0 aliphatic rings. The van der Waals surface area contributed by atoms with Crippen molar-refractivity contribution in [2.24, 2.45) is 0 Å². The molecular weight excluding hydrogens is 236 g/mol. The van der Waals surface area contributed by atoms with Crippen molar-refractivity contribution in [1.29, 1.82) is 0 Å². The Hall–Kier alpha value is -2.35. The van der Waals surface area contributed by atoms with E-state index in [-0.39, 0.29) is 0 Å². The molecule has 2 aromatic rings. The Morgan fingerprint density at radius 2 is 1.79 bits per heavy atom. The maximum absolute atomic E-state index is 11.1. The van der Waals surface area contributed by atoms with Gasteiger partial charge in [-0.15, -0.1) is 0 Å². The van der Waals surface area contributed by atoms with Crippen molar-refractivity contribution in [3.8, 4) is 0 Å². The van der Waals surface area contributed by atoms with Crippen molar-refractivity contribution in [3.63, 3.8) is 0 Å². The molecule has 0 heterocycles. The fourth-order valence-corrected chi connectivity index (χ4v) is 2.09. The van der Waals surface area contributed by atoms with Crippen LogP contribution in [0.1, 0.15) is 34.0 Å². The summed E-state index contributed by atoms with van der Waals surface area (Å²) in [5.41, 5.74) is 4.13. The van der Waals surface area contributed by atoms with Gasteiger partial charge in [0, 0.05) is 0 Å². The number of rotatable bonds is 4. The smallest absolute Gasteiger partial charge is 0.335 e. The first-order chi connectivity index (χ1) is 9.13. The number of hydrogen-bond acceptors (Lipinski definition) is 1. The Labute approximate surface area is 113 Å². The van der Waals surface area contributed by atoms with Crippen molar-refractivity contribution in [2.75, 3.05) is 0 Å². The Balaban J connectivity index is 2.42. The van der Waals surface area contributed by atoms with E-state index in [1.165, 1.54) is 0 Å². The van der Waals surface area contributed by atoms with Crippen LogP contribution >= 0.6 is 0 Å². The van der Waals surface area contributed by atoms with Gasteiger partial charge in [-0.25, -0.2) is 4.79 Å². The van der Waals surface area contributed by atoms with E-state index in [0.29, 0.717) is 12.0 Å². The van der Waals surface area contributed by atoms with Crippen LogP contribution in [0.15, 0.2) is 55.1 Å². The lowest BCUT2D eigenvalue weighted by Crippen LogP contribution is -2.02. The van der Waals surface area contributed by atoms with Gasteiger partial charge in [0.2, 0.25) is 0 Å². The third-order valence-corrected chi connectivity index (χ3v) is 3.19. The van der Waals surface area contributed by atoms with Crippen molar-refractivity contribution >= 4 is 11.5 Å². The lowest BCUT2D eigenvalue weighted by Gasteiger charge is -2.10. The molecule has 2 nitrogen and oxygen atoms in total. The number of carboxylic acids is 1. The van der Waals surface area contributed by atoms with Crippen molar-refractivity contribution in [3.05, 3.63) is 77.4 Å². The van der Waals surface area contributed by atoms with Crippen molar-refractivity contribution < 1.29 is 9.90 Å².